The van der Waals surface area contributed by atoms with Crippen LogP contribution in [0.1, 0.15) is 5.56 Å². The van der Waals surface area contributed by atoms with Crippen LogP contribution in [0.2, 0.25) is 0 Å². The number of hydrogen-bond donors (Lipinski definition) is 1. The van der Waals surface area contributed by atoms with Crippen molar-refractivity contribution in [2.24, 2.45) is 7.05 Å². The fourth-order valence-corrected chi connectivity index (χ4v) is 2.88. The second-order valence-electron chi connectivity index (χ2n) is 5.38. The van der Waals surface area contributed by atoms with Gasteiger partial charge in [-0.3, -0.25) is 4.79 Å². The molecule has 5 nitrogen and oxygen atoms in total. The predicted molar refractivity (Wildman–Crippen MR) is 102 cm³/mol. The predicted octanol–water partition coefficient (Wildman–Crippen LogP) is 3.86. The summed E-state index contributed by atoms with van der Waals surface area (Å²) in [6.45, 7) is 0. The molecule has 0 spiro atoms. The number of carbonyl (C=O) groups excluding carboxylic acids is 1. The fraction of sp³-hybridized carbons (Fsp3) is 0.105. The Kier molecular flexibility index (Phi) is 5.30. The molecule has 0 aliphatic carbocycles. The van der Waals surface area contributed by atoms with E-state index in [9.17, 15) is 4.79 Å². The highest BCUT2D eigenvalue weighted by molar-refractivity contribution is 7.98. The van der Waals surface area contributed by atoms with Crippen LogP contribution in [0, 0.1) is 0 Å². The van der Waals surface area contributed by atoms with Gasteiger partial charge >= 0.3 is 0 Å². The molecule has 0 fully saturated rings. The highest BCUT2D eigenvalue weighted by atomic mass is 32.2. The van der Waals surface area contributed by atoms with Crippen molar-refractivity contribution in [2.45, 2.75) is 5.16 Å². The lowest BCUT2D eigenvalue weighted by Gasteiger charge is -2.06. The Balaban J connectivity index is 1.74. The van der Waals surface area contributed by atoms with E-state index >= 15 is 0 Å². The first-order chi connectivity index (χ1) is 12.2. The maximum atomic E-state index is 12.1. The SMILES string of the molecule is CSc1nnc(-c2cccc(NC(=O)C=Cc3ccccc3)c2)n1C. The zero-order valence-corrected chi connectivity index (χ0v) is 14.8. The molecule has 0 atom stereocenters. The van der Waals surface area contributed by atoms with Crippen LogP contribution in [0.5, 0.6) is 0 Å². The highest BCUT2D eigenvalue weighted by Gasteiger charge is 2.10. The second-order valence-corrected chi connectivity index (χ2v) is 6.16. The molecule has 0 aliphatic heterocycles. The van der Waals surface area contributed by atoms with Crippen LogP contribution in [-0.2, 0) is 11.8 Å². The molecule has 1 N–H and O–H groups in total. The van der Waals surface area contributed by atoms with Crippen molar-refractivity contribution in [1.82, 2.24) is 14.8 Å². The lowest BCUT2D eigenvalue weighted by atomic mass is 10.2. The summed E-state index contributed by atoms with van der Waals surface area (Å²) < 4.78 is 1.93. The first-order valence-corrected chi connectivity index (χ1v) is 8.98. The lowest BCUT2D eigenvalue weighted by Crippen LogP contribution is -2.07. The Hall–Kier alpha value is -2.86. The second kappa shape index (κ2) is 7.81. The molecule has 2 aromatic carbocycles. The largest absolute Gasteiger partial charge is 0.322 e. The van der Waals surface area contributed by atoms with E-state index in [1.165, 1.54) is 6.08 Å². The van der Waals surface area contributed by atoms with Gasteiger partial charge in [0.2, 0.25) is 5.91 Å². The van der Waals surface area contributed by atoms with Gasteiger partial charge in [-0.15, -0.1) is 10.2 Å². The van der Waals surface area contributed by atoms with Gasteiger partial charge in [0.25, 0.3) is 0 Å². The third-order valence-corrected chi connectivity index (χ3v) is 4.35. The first-order valence-electron chi connectivity index (χ1n) is 7.75. The van der Waals surface area contributed by atoms with Gasteiger partial charge in [-0.2, -0.15) is 0 Å². The quantitative estimate of drug-likeness (QED) is 0.561. The number of hydrogen-bond acceptors (Lipinski definition) is 4. The normalized spacial score (nSPS) is 11.0. The van der Waals surface area contributed by atoms with Gasteiger partial charge in [0.1, 0.15) is 0 Å². The van der Waals surface area contributed by atoms with Crippen LogP contribution >= 0.6 is 11.8 Å². The molecule has 1 heterocycles. The summed E-state index contributed by atoms with van der Waals surface area (Å²) in [5.74, 6) is 0.587. The minimum Gasteiger partial charge on any atom is -0.322 e. The Morgan fingerprint density at radius 1 is 1.12 bits per heavy atom. The van der Waals surface area contributed by atoms with Gasteiger partial charge in [-0.1, -0.05) is 54.2 Å². The monoisotopic (exact) mass is 350 g/mol. The molecule has 0 saturated heterocycles. The maximum absolute atomic E-state index is 12.1. The van der Waals surface area contributed by atoms with Gasteiger partial charge in [0.15, 0.2) is 11.0 Å². The van der Waals surface area contributed by atoms with Crippen LogP contribution in [0.25, 0.3) is 17.5 Å². The summed E-state index contributed by atoms with van der Waals surface area (Å²) in [7, 11) is 1.93. The van der Waals surface area contributed by atoms with Crippen LogP contribution < -0.4 is 5.32 Å². The Labute approximate surface area is 150 Å². The molecule has 0 unspecified atom stereocenters. The number of benzene rings is 2. The summed E-state index contributed by atoms with van der Waals surface area (Å²) in [6, 6.07) is 17.3. The molecule has 126 valence electrons. The third-order valence-electron chi connectivity index (χ3n) is 3.63. The molecule has 1 amide bonds. The summed E-state index contributed by atoms with van der Waals surface area (Å²) in [6.07, 6.45) is 5.27. The fourth-order valence-electron chi connectivity index (χ4n) is 2.40. The molecular weight excluding hydrogens is 332 g/mol. The number of nitrogens with one attached hydrogen (secondary N) is 1. The lowest BCUT2D eigenvalue weighted by molar-refractivity contribution is -0.111. The zero-order chi connectivity index (χ0) is 17.6. The molecule has 0 aliphatic rings. The highest BCUT2D eigenvalue weighted by Crippen LogP contribution is 2.23. The number of amides is 1. The standard InChI is InChI=1S/C19H18N4OS/c1-23-18(21-22-19(23)25-2)15-9-6-10-16(13-15)20-17(24)12-11-14-7-4-3-5-8-14/h3-13H,1-2H3,(H,20,24). The smallest absolute Gasteiger partial charge is 0.248 e. The van der Waals surface area contributed by atoms with E-state index in [1.54, 1.807) is 17.8 Å². The molecule has 6 heteroatoms. The van der Waals surface area contributed by atoms with Crippen molar-refractivity contribution in [3.8, 4) is 11.4 Å². The van der Waals surface area contributed by atoms with E-state index in [-0.39, 0.29) is 5.91 Å². The Bertz CT molecular complexity index is 903. The summed E-state index contributed by atoms with van der Waals surface area (Å²) in [4.78, 5) is 12.1. The van der Waals surface area contributed by atoms with E-state index in [4.69, 9.17) is 0 Å². The van der Waals surface area contributed by atoms with Crippen LogP contribution in [0.15, 0.2) is 65.8 Å². The molecule has 3 aromatic rings. The number of anilines is 1. The molecular formula is C19H18N4OS. The number of aromatic nitrogens is 3. The maximum Gasteiger partial charge on any atom is 0.248 e. The van der Waals surface area contributed by atoms with Gasteiger partial charge in [-0.05, 0) is 30.0 Å². The number of nitrogens with zero attached hydrogens (tertiary/aromatic N) is 3. The van der Waals surface area contributed by atoms with Crippen molar-refractivity contribution in [3.63, 3.8) is 0 Å². The summed E-state index contributed by atoms with van der Waals surface area (Å²) >= 11 is 1.54. The molecule has 0 saturated carbocycles. The van der Waals surface area contributed by atoms with E-state index in [1.807, 2.05) is 72.5 Å². The van der Waals surface area contributed by atoms with Crippen LogP contribution in [-0.4, -0.2) is 26.9 Å². The Morgan fingerprint density at radius 3 is 2.64 bits per heavy atom. The van der Waals surface area contributed by atoms with Crippen molar-refractivity contribution in [1.29, 1.82) is 0 Å². The van der Waals surface area contributed by atoms with E-state index < -0.39 is 0 Å². The average Bonchev–Trinajstić information content (AvgIpc) is 3.02. The topological polar surface area (TPSA) is 59.8 Å². The minimum atomic E-state index is -0.177. The van der Waals surface area contributed by atoms with Crippen LogP contribution in [0.3, 0.4) is 0 Å². The number of carbonyl (C=O) groups is 1. The van der Waals surface area contributed by atoms with E-state index in [0.717, 1.165) is 22.1 Å². The zero-order valence-electron chi connectivity index (χ0n) is 14.0. The third kappa shape index (κ3) is 4.16. The van der Waals surface area contributed by atoms with Gasteiger partial charge < -0.3 is 9.88 Å². The Morgan fingerprint density at radius 2 is 1.92 bits per heavy atom. The number of rotatable bonds is 5. The minimum absolute atomic E-state index is 0.177. The van der Waals surface area contributed by atoms with E-state index in [2.05, 4.69) is 15.5 Å². The molecule has 25 heavy (non-hydrogen) atoms. The van der Waals surface area contributed by atoms with Crippen molar-refractivity contribution in [3.05, 3.63) is 66.2 Å². The first kappa shape index (κ1) is 17.0. The molecule has 1 aromatic heterocycles. The summed E-state index contributed by atoms with van der Waals surface area (Å²) in [5.41, 5.74) is 2.60. The van der Waals surface area contributed by atoms with Crippen molar-refractivity contribution in [2.75, 3.05) is 11.6 Å². The number of thioether (sulfide) groups is 1. The van der Waals surface area contributed by atoms with E-state index in [0.29, 0.717) is 5.69 Å². The van der Waals surface area contributed by atoms with Gasteiger partial charge in [-0.25, -0.2) is 0 Å². The summed E-state index contributed by atoms with van der Waals surface area (Å²) in [5, 5.41) is 12.1. The molecule has 0 radical (unpaired) electrons. The van der Waals surface area contributed by atoms with Crippen LogP contribution in [0.4, 0.5) is 5.69 Å². The van der Waals surface area contributed by atoms with Crippen molar-refractivity contribution >= 4 is 29.4 Å². The average molecular weight is 350 g/mol. The van der Waals surface area contributed by atoms with Gasteiger partial charge in [0, 0.05) is 24.4 Å². The molecule has 3 rings (SSSR count). The van der Waals surface area contributed by atoms with Crippen molar-refractivity contribution < 1.29 is 4.79 Å². The van der Waals surface area contributed by atoms with Gasteiger partial charge in [0.05, 0.1) is 0 Å². The molecule has 0 bridgehead atoms.